The first-order chi connectivity index (χ1) is 6.86. The number of nitrogens with one attached hydrogen (secondary N) is 1. The molecule has 82 valence electrons. The second-order valence-corrected chi connectivity index (χ2v) is 4.15. The second-order valence-electron chi connectivity index (χ2n) is 4.15. The summed E-state index contributed by atoms with van der Waals surface area (Å²) >= 11 is 0. The first-order valence-corrected chi connectivity index (χ1v) is 5.44. The van der Waals surface area contributed by atoms with Crippen LogP contribution in [0.25, 0.3) is 0 Å². The maximum absolute atomic E-state index is 9.51. The van der Waals surface area contributed by atoms with Crippen LogP contribution >= 0.6 is 0 Å². The summed E-state index contributed by atoms with van der Waals surface area (Å²) in [6, 6.07) is 0. The SMILES string of the molecule is OC1CNCC1OCC1CCOCC1. The van der Waals surface area contributed by atoms with Crippen molar-refractivity contribution in [2.24, 2.45) is 5.92 Å². The topological polar surface area (TPSA) is 50.7 Å². The number of aliphatic hydroxyl groups is 1. The number of aliphatic hydroxyl groups excluding tert-OH is 1. The molecule has 0 aromatic rings. The Morgan fingerprint density at radius 3 is 2.71 bits per heavy atom. The molecular formula is C10H19NO3. The monoisotopic (exact) mass is 201 g/mol. The van der Waals surface area contributed by atoms with Crippen LogP contribution in [0.5, 0.6) is 0 Å². The lowest BCUT2D eigenvalue weighted by molar-refractivity contribution is -0.0416. The molecular weight excluding hydrogens is 182 g/mol. The molecule has 4 heteroatoms. The van der Waals surface area contributed by atoms with Crippen LogP contribution < -0.4 is 5.32 Å². The van der Waals surface area contributed by atoms with Gasteiger partial charge in [-0.1, -0.05) is 0 Å². The number of hydrogen-bond acceptors (Lipinski definition) is 4. The normalized spacial score (nSPS) is 34.9. The van der Waals surface area contributed by atoms with Crippen LogP contribution in [0.15, 0.2) is 0 Å². The summed E-state index contributed by atoms with van der Waals surface area (Å²) in [7, 11) is 0. The Morgan fingerprint density at radius 2 is 2.07 bits per heavy atom. The average molecular weight is 201 g/mol. The molecule has 2 aliphatic heterocycles. The number of rotatable bonds is 3. The summed E-state index contributed by atoms with van der Waals surface area (Å²) in [6.07, 6.45) is 1.86. The Hall–Kier alpha value is -0.160. The maximum Gasteiger partial charge on any atom is 0.0970 e. The second kappa shape index (κ2) is 5.07. The lowest BCUT2D eigenvalue weighted by atomic mass is 10.0. The molecule has 0 aromatic carbocycles. The molecule has 0 bridgehead atoms. The summed E-state index contributed by atoms with van der Waals surface area (Å²) in [5.74, 6) is 0.622. The molecule has 0 radical (unpaired) electrons. The predicted octanol–water partition coefficient (Wildman–Crippen LogP) is -0.238. The van der Waals surface area contributed by atoms with Crippen molar-refractivity contribution in [1.29, 1.82) is 0 Å². The Kier molecular flexibility index (Phi) is 3.75. The van der Waals surface area contributed by atoms with Gasteiger partial charge in [-0.25, -0.2) is 0 Å². The molecule has 2 fully saturated rings. The van der Waals surface area contributed by atoms with Crippen molar-refractivity contribution in [2.45, 2.75) is 25.0 Å². The van der Waals surface area contributed by atoms with E-state index in [0.717, 1.165) is 39.2 Å². The minimum absolute atomic E-state index is 0.00200. The van der Waals surface area contributed by atoms with Crippen LogP contribution in [0.1, 0.15) is 12.8 Å². The van der Waals surface area contributed by atoms with Gasteiger partial charge in [-0.2, -0.15) is 0 Å². The van der Waals surface area contributed by atoms with Crippen LogP contribution in [0.4, 0.5) is 0 Å². The Balaban J connectivity index is 1.65. The van der Waals surface area contributed by atoms with Crippen molar-refractivity contribution >= 4 is 0 Å². The minimum atomic E-state index is -0.324. The van der Waals surface area contributed by atoms with E-state index in [0.29, 0.717) is 12.5 Å². The minimum Gasteiger partial charge on any atom is -0.389 e. The summed E-state index contributed by atoms with van der Waals surface area (Å²) in [5, 5.41) is 12.6. The van der Waals surface area contributed by atoms with E-state index in [1.807, 2.05) is 0 Å². The Bertz CT molecular complexity index is 171. The molecule has 0 saturated carbocycles. The fraction of sp³-hybridized carbons (Fsp3) is 1.00. The van der Waals surface area contributed by atoms with E-state index in [1.54, 1.807) is 0 Å². The van der Waals surface area contributed by atoms with Crippen LogP contribution in [0.3, 0.4) is 0 Å². The van der Waals surface area contributed by atoms with Gasteiger partial charge in [0.1, 0.15) is 0 Å². The number of hydrogen-bond donors (Lipinski definition) is 2. The van der Waals surface area contributed by atoms with Gasteiger partial charge < -0.3 is 19.9 Å². The van der Waals surface area contributed by atoms with Gasteiger partial charge >= 0.3 is 0 Å². The predicted molar refractivity (Wildman–Crippen MR) is 52.2 cm³/mol. The Morgan fingerprint density at radius 1 is 1.29 bits per heavy atom. The van der Waals surface area contributed by atoms with Gasteiger partial charge in [0.15, 0.2) is 0 Å². The largest absolute Gasteiger partial charge is 0.389 e. The van der Waals surface area contributed by atoms with Crippen molar-refractivity contribution in [2.75, 3.05) is 32.9 Å². The highest BCUT2D eigenvalue weighted by atomic mass is 16.5. The zero-order valence-corrected chi connectivity index (χ0v) is 8.45. The quantitative estimate of drug-likeness (QED) is 0.662. The summed E-state index contributed by atoms with van der Waals surface area (Å²) in [4.78, 5) is 0. The van der Waals surface area contributed by atoms with Crippen LogP contribution in [-0.4, -0.2) is 50.2 Å². The van der Waals surface area contributed by atoms with E-state index < -0.39 is 0 Å². The fourth-order valence-electron chi connectivity index (χ4n) is 1.98. The third-order valence-electron chi connectivity index (χ3n) is 3.02. The van der Waals surface area contributed by atoms with Crippen molar-refractivity contribution in [3.8, 4) is 0 Å². The molecule has 4 nitrogen and oxygen atoms in total. The lowest BCUT2D eigenvalue weighted by Crippen LogP contribution is -2.30. The molecule has 14 heavy (non-hydrogen) atoms. The Labute approximate surface area is 84.6 Å². The summed E-state index contributed by atoms with van der Waals surface area (Å²) in [6.45, 7) is 3.94. The molecule has 2 saturated heterocycles. The van der Waals surface area contributed by atoms with E-state index in [1.165, 1.54) is 0 Å². The van der Waals surface area contributed by atoms with Gasteiger partial charge in [0, 0.05) is 26.3 Å². The van der Waals surface area contributed by atoms with Gasteiger partial charge in [0.05, 0.1) is 18.8 Å². The van der Waals surface area contributed by atoms with Gasteiger partial charge in [0.2, 0.25) is 0 Å². The molecule has 0 aliphatic carbocycles. The molecule has 2 atom stereocenters. The summed E-state index contributed by atoms with van der Waals surface area (Å²) < 4.78 is 11.0. The third kappa shape index (κ3) is 2.67. The molecule has 0 aromatic heterocycles. The standard InChI is InChI=1S/C10H19NO3/c12-9-5-11-6-10(9)14-7-8-1-3-13-4-2-8/h8-12H,1-7H2. The highest BCUT2D eigenvalue weighted by Gasteiger charge is 2.26. The first-order valence-electron chi connectivity index (χ1n) is 5.44. The van der Waals surface area contributed by atoms with E-state index in [4.69, 9.17) is 9.47 Å². The van der Waals surface area contributed by atoms with Gasteiger partial charge in [-0.05, 0) is 18.8 Å². The van der Waals surface area contributed by atoms with Gasteiger partial charge in [-0.3, -0.25) is 0 Å². The van der Waals surface area contributed by atoms with E-state index in [9.17, 15) is 5.11 Å². The van der Waals surface area contributed by atoms with Crippen LogP contribution in [-0.2, 0) is 9.47 Å². The highest BCUT2D eigenvalue weighted by Crippen LogP contribution is 2.16. The summed E-state index contributed by atoms with van der Waals surface area (Å²) in [5.41, 5.74) is 0. The molecule has 2 unspecified atom stereocenters. The van der Waals surface area contributed by atoms with E-state index in [-0.39, 0.29) is 12.2 Å². The van der Waals surface area contributed by atoms with Crippen LogP contribution in [0.2, 0.25) is 0 Å². The smallest absolute Gasteiger partial charge is 0.0970 e. The zero-order valence-electron chi connectivity index (χ0n) is 8.45. The van der Waals surface area contributed by atoms with Crippen LogP contribution in [0, 0.1) is 5.92 Å². The lowest BCUT2D eigenvalue weighted by Gasteiger charge is -2.24. The zero-order chi connectivity index (χ0) is 9.80. The number of ether oxygens (including phenoxy) is 2. The van der Waals surface area contributed by atoms with E-state index in [2.05, 4.69) is 5.32 Å². The van der Waals surface area contributed by atoms with E-state index >= 15 is 0 Å². The molecule has 2 rings (SSSR count). The van der Waals surface area contributed by atoms with Crippen molar-refractivity contribution in [3.63, 3.8) is 0 Å². The number of β-amino-alcohol motifs (C(OH)–C–C–N with tert-alkyl or cyclic N) is 1. The molecule has 2 N–H and O–H groups in total. The molecule has 2 heterocycles. The maximum atomic E-state index is 9.51. The van der Waals surface area contributed by atoms with Crippen molar-refractivity contribution in [3.05, 3.63) is 0 Å². The third-order valence-corrected chi connectivity index (χ3v) is 3.02. The van der Waals surface area contributed by atoms with Crippen molar-refractivity contribution in [1.82, 2.24) is 5.32 Å². The molecule has 0 amide bonds. The fourth-order valence-corrected chi connectivity index (χ4v) is 1.98. The van der Waals surface area contributed by atoms with Gasteiger partial charge in [-0.15, -0.1) is 0 Å². The first kappa shape index (κ1) is 10.4. The highest BCUT2D eigenvalue weighted by molar-refractivity contribution is 4.81. The molecule has 0 spiro atoms. The average Bonchev–Trinajstić information content (AvgIpc) is 2.63. The van der Waals surface area contributed by atoms with Crippen molar-refractivity contribution < 1.29 is 14.6 Å². The molecule has 2 aliphatic rings. The van der Waals surface area contributed by atoms with Gasteiger partial charge in [0.25, 0.3) is 0 Å².